The first-order valence-corrected chi connectivity index (χ1v) is 9.61. The van der Waals surface area contributed by atoms with Gasteiger partial charge in [0, 0.05) is 24.5 Å². The summed E-state index contributed by atoms with van der Waals surface area (Å²) in [5.74, 6) is 0.463. The van der Waals surface area contributed by atoms with Gasteiger partial charge < -0.3 is 4.18 Å². The summed E-state index contributed by atoms with van der Waals surface area (Å²) in [4.78, 5) is 4.12. The summed E-state index contributed by atoms with van der Waals surface area (Å²) in [6, 6.07) is 15.0. The smallest absolute Gasteiger partial charge is 0.203 e. The van der Waals surface area contributed by atoms with Gasteiger partial charge in [0.05, 0.1) is 23.9 Å². The summed E-state index contributed by atoms with van der Waals surface area (Å²) in [6.45, 7) is 0.860. The molecule has 0 fully saturated rings. The number of nitrogens with one attached hydrogen (secondary N) is 1. The Morgan fingerprint density at radius 2 is 2.07 bits per heavy atom. The molecule has 0 saturated heterocycles. The van der Waals surface area contributed by atoms with Crippen molar-refractivity contribution in [1.82, 2.24) is 14.4 Å². The molecule has 0 radical (unpaired) electrons. The highest BCUT2D eigenvalue weighted by molar-refractivity contribution is 8.18. The fourth-order valence-corrected chi connectivity index (χ4v) is 3.67. The fraction of sp³-hybridized carbons (Fsp3) is 0.111. The van der Waals surface area contributed by atoms with Crippen molar-refractivity contribution in [2.24, 2.45) is 0 Å². The minimum atomic E-state index is -3.22. The third-order valence-electron chi connectivity index (χ3n) is 4.18. The van der Waals surface area contributed by atoms with Gasteiger partial charge in [-0.15, -0.1) is 0 Å². The maximum absolute atomic E-state index is 9.62. The van der Waals surface area contributed by atoms with Crippen LogP contribution in [0.1, 0.15) is 16.7 Å². The third kappa shape index (κ3) is 3.74. The average molecular weight is 383 g/mol. The summed E-state index contributed by atoms with van der Waals surface area (Å²) < 4.78 is 28.9. The van der Waals surface area contributed by atoms with E-state index in [9.17, 15) is 9.11 Å². The molecule has 8 nitrogen and oxygen atoms in total. The van der Waals surface area contributed by atoms with E-state index in [1.165, 1.54) is 0 Å². The standard InChI is InChI=1S/C18H17N5O3S/c19-10-14-1-4-17(5-2-14)23(22-8-7-20-13-22)12-15-3-6-18-16(9-15)11-21-27(24,25)26-18/h1-9,13,21,24-25H,11-12H2. The van der Waals surface area contributed by atoms with Gasteiger partial charge in [0.1, 0.15) is 12.1 Å². The number of aromatic nitrogens is 2. The zero-order chi connectivity index (χ0) is 18.9. The van der Waals surface area contributed by atoms with Crippen molar-refractivity contribution < 1.29 is 13.3 Å². The first kappa shape index (κ1) is 17.4. The van der Waals surface area contributed by atoms with Crippen LogP contribution in [0.4, 0.5) is 5.69 Å². The van der Waals surface area contributed by atoms with Gasteiger partial charge in [-0.05, 0) is 42.0 Å². The van der Waals surface area contributed by atoms with E-state index in [4.69, 9.17) is 9.44 Å². The number of rotatable bonds is 4. The second-order valence-corrected chi connectivity index (χ2v) is 7.45. The lowest BCUT2D eigenvalue weighted by Crippen LogP contribution is -2.30. The summed E-state index contributed by atoms with van der Waals surface area (Å²) in [5.41, 5.74) is 3.37. The molecule has 0 spiro atoms. The van der Waals surface area contributed by atoms with Gasteiger partial charge in [0.2, 0.25) is 11.1 Å². The first-order chi connectivity index (χ1) is 13.0. The summed E-state index contributed by atoms with van der Waals surface area (Å²) >= 11 is -3.22. The molecule has 1 aromatic heterocycles. The minimum Gasteiger partial charge on any atom is -0.391 e. The van der Waals surface area contributed by atoms with Gasteiger partial charge >= 0.3 is 0 Å². The quantitative estimate of drug-likeness (QED) is 0.635. The van der Waals surface area contributed by atoms with Crippen LogP contribution in [0.3, 0.4) is 0 Å². The molecule has 9 heteroatoms. The number of hydrogen-bond acceptors (Lipinski definition) is 7. The van der Waals surface area contributed by atoms with Crippen LogP contribution in [0.5, 0.6) is 5.75 Å². The van der Waals surface area contributed by atoms with E-state index in [-0.39, 0.29) is 0 Å². The van der Waals surface area contributed by atoms with E-state index in [0.717, 1.165) is 16.8 Å². The molecule has 1 aliphatic rings. The third-order valence-corrected chi connectivity index (χ3v) is 5.11. The average Bonchev–Trinajstić information content (AvgIpc) is 3.20. The van der Waals surface area contributed by atoms with Crippen LogP contribution in [0, 0.1) is 11.3 Å². The van der Waals surface area contributed by atoms with Crippen LogP contribution in [0.2, 0.25) is 0 Å². The molecular formula is C18H17N5O3S. The van der Waals surface area contributed by atoms with Crippen LogP contribution in [-0.2, 0) is 13.1 Å². The van der Waals surface area contributed by atoms with Crippen molar-refractivity contribution in [1.29, 1.82) is 5.26 Å². The Kier molecular flexibility index (Phi) is 4.47. The highest BCUT2D eigenvalue weighted by Crippen LogP contribution is 2.42. The van der Waals surface area contributed by atoms with Crippen molar-refractivity contribution >= 4 is 16.7 Å². The Labute approximate surface area is 157 Å². The molecule has 0 unspecified atom stereocenters. The van der Waals surface area contributed by atoms with Gasteiger partial charge in [-0.3, -0.25) is 14.1 Å². The van der Waals surface area contributed by atoms with E-state index < -0.39 is 11.1 Å². The van der Waals surface area contributed by atoms with Crippen LogP contribution in [0.15, 0.2) is 61.2 Å². The number of benzene rings is 2. The molecule has 0 bridgehead atoms. The lowest BCUT2D eigenvalue weighted by atomic mass is 10.1. The highest BCUT2D eigenvalue weighted by Gasteiger charge is 2.26. The predicted molar refractivity (Wildman–Crippen MR) is 102 cm³/mol. The Morgan fingerprint density at radius 1 is 1.26 bits per heavy atom. The van der Waals surface area contributed by atoms with Crippen molar-refractivity contribution in [2.45, 2.75) is 13.1 Å². The van der Waals surface area contributed by atoms with E-state index in [2.05, 4.69) is 15.8 Å². The molecule has 4 rings (SSSR count). The second kappa shape index (κ2) is 6.94. The first-order valence-electron chi connectivity index (χ1n) is 8.14. The van der Waals surface area contributed by atoms with Crippen LogP contribution < -0.4 is 13.9 Å². The predicted octanol–water partition coefficient (Wildman–Crippen LogP) is 3.29. The molecule has 2 heterocycles. The van der Waals surface area contributed by atoms with E-state index in [0.29, 0.717) is 24.4 Å². The van der Waals surface area contributed by atoms with Gasteiger partial charge in [0.15, 0.2) is 0 Å². The summed E-state index contributed by atoms with van der Waals surface area (Å²) in [5, 5.41) is 11.0. The number of hydrogen-bond donors (Lipinski definition) is 3. The monoisotopic (exact) mass is 383 g/mol. The highest BCUT2D eigenvalue weighted by atomic mass is 32.3. The van der Waals surface area contributed by atoms with Gasteiger partial charge in [-0.1, -0.05) is 6.07 Å². The molecule has 138 valence electrons. The zero-order valence-corrected chi connectivity index (χ0v) is 15.0. The van der Waals surface area contributed by atoms with E-state index >= 15 is 0 Å². The SMILES string of the molecule is N#Cc1ccc(N(Cc2ccc3c(c2)CNS(O)(O)O3)n2ccnc2)cc1. The second-order valence-electron chi connectivity index (χ2n) is 6.00. The van der Waals surface area contributed by atoms with E-state index in [1.54, 1.807) is 30.7 Å². The number of anilines is 1. The number of nitriles is 1. The van der Waals surface area contributed by atoms with Crippen LogP contribution >= 0.6 is 11.1 Å². The summed E-state index contributed by atoms with van der Waals surface area (Å²) in [6.07, 6.45) is 5.25. The lowest BCUT2D eigenvalue weighted by Gasteiger charge is -2.33. The molecule has 1 aliphatic heterocycles. The van der Waals surface area contributed by atoms with Crippen molar-refractivity contribution in [3.8, 4) is 11.8 Å². The molecule has 0 amide bonds. The molecule has 0 aliphatic carbocycles. The number of fused-ring (bicyclic) bond motifs is 1. The Hall–Kier alpha value is -3.03. The Balaban J connectivity index is 1.63. The van der Waals surface area contributed by atoms with Crippen molar-refractivity contribution in [3.05, 3.63) is 77.9 Å². The van der Waals surface area contributed by atoms with Gasteiger partial charge in [-0.2, -0.15) is 5.26 Å². The maximum Gasteiger partial charge on any atom is 0.203 e. The van der Waals surface area contributed by atoms with Gasteiger partial charge in [0.25, 0.3) is 0 Å². The lowest BCUT2D eigenvalue weighted by molar-refractivity contribution is 0.354. The maximum atomic E-state index is 9.62. The van der Waals surface area contributed by atoms with Crippen molar-refractivity contribution in [2.75, 3.05) is 5.01 Å². The number of imidazole rings is 1. The zero-order valence-electron chi connectivity index (χ0n) is 14.2. The largest absolute Gasteiger partial charge is 0.391 e. The van der Waals surface area contributed by atoms with Crippen LogP contribution in [0.25, 0.3) is 0 Å². The topological polar surface area (TPSA) is 107 Å². The Morgan fingerprint density at radius 3 is 2.78 bits per heavy atom. The normalized spacial score (nSPS) is 15.9. The fourth-order valence-electron chi connectivity index (χ4n) is 2.86. The molecule has 27 heavy (non-hydrogen) atoms. The minimum absolute atomic E-state index is 0.313. The van der Waals surface area contributed by atoms with Gasteiger partial charge in [-0.25, -0.2) is 14.4 Å². The molecule has 0 saturated carbocycles. The number of nitrogens with zero attached hydrogens (tertiary/aromatic N) is 4. The Bertz CT molecular complexity index is 983. The molecule has 2 aromatic carbocycles. The molecule has 0 atom stereocenters. The summed E-state index contributed by atoms with van der Waals surface area (Å²) in [7, 11) is 0. The molecule has 3 aromatic rings. The molecular weight excluding hydrogens is 366 g/mol. The van der Waals surface area contributed by atoms with Crippen molar-refractivity contribution in [3.63, 3.8) is 0 Å². The molecule has 3 N–H and O–H groups in total. The van der Waals surface area contributed by atoms with E-state index in [1.807, 2.05) is 40.1 Å². The van der Waals surface area contributed by atoms with Crippen LogP contribution in [-0.4, -0.2) is 18.8 Å².